The molecule has 1 fully saturated rings. The lowest BCUT2D eigenvalue weighted by Crippen LogP contribution is -2.28. The molecule has 0 saturated carbocycles. The van der Waals surface area contributed by atoms with Gasteiger partial charge in [0.15, 0.2) is 5.79 Å². The fraction of sp³-hybridized carbons (Fsp3) is 0.500. The van der Waals surface area contributed by atoms with Gasteiger partial charge in [0, 0.05) is 30.9 Å². The number of benzene rings is 1. The molecule has 22 heavy (non-hydrogen) atoms. The Hall–Kier alpha value is -1.65. The molecule has 0 amide bonds. The number of hydrogen-bond acceptors (Lipinski definition) is 3. The van der Waals surface area contributed by atoms with Crippen LogP contribution in [0.4, 0.5) is 0 Å². The second-order valence-corrected chi connectivity index (χ2v) is 6.17. The summed E-state index contributed by atoms with van der Waals surface area (Å²) in [5.41, 5.74) is 2.36. The molecule has 0 spiro atoms. The molecular weight excluding hydrogens is 276 g/mol. The molecular formula is C18H24N2O2. The van der Waals surface area contributed by atoms with Crippen molar-refractivity contribution >= 4 is 0 Å². The lowest BCUT2D eigenvalue weighted by atomic mass is 9.99. The highest BCUT2D eigenvalue weighted by atomic mass is 16.8. The van der Waals surface area contributed by atoms with E-state index in [9.17, 15) is 0 Å². The summed E-state index contributed by atoms with van der Waals surface area (Å²) in [6.45, 7) is 7.17. The zero-order valence-electron chi connectivity index (χ0n) is 13.5. The molecule has 1 aliphatic rings. The first-order valence-electron chi connectivity index (χ1n) is 7.97. The lowest BCUT2D eigenvalue weighted by molar-refractivity contribution is -0.188. The highest BCUT2D eigenvalue weighted by molar-refractivity contribution is 5.26. The van der Waals surface area contributed by atoms with Gasteiger partial charge < -0.3 is 14.0 Å². The predicted octanol–water partition coefficient (Wildman–Crippen LogP) is 3.65. The lowest BCUT2D eigenvalue weighted by Gasteiger charge is -2.29. The van der Waals surface area contributed by atoms with Gasteiger partial charge in [0.2, 0.25) is 0 Å². The summed E-state index contributed by atoms with van der Waals surface area (Å²) in [5.74, 6) is -0.618. The van der Waals surface area contributed by atoms with Crippen molar-refractivity contribution in [3.63, 3.8) is 0 Å². The van der Waals surface area contributed by atoms with Gasteiger partial charge in [-0.2, -0.15) is 0 Å². The Morgan fingerprint density at radius 2 is 1.82 bits per heavy atom. The zero-order valence-corrected chi connectivity index (χ0v) is 13.5. The molecule has 0 aliphatic carbocycles. The molecule has 1 saturated heterocycles. The first-order chi connectivity index (χ1) is 10.6. The molecule has 2 unspecified atom stereocenters. The van der Waals surface area contributed by atoms with Crippen molar-refractivity contribution in [3.8, 4) is 0 Å². The van der Waals surface area contributed by atoms with Gasteiger partial charge in [-0.15, -0.1) is 0 Å². The SMILES string of the molecule is Cc1ccc(C2(CCCn3ccnc3)OC(C)C(C)O2)cc1. The Balaban J connectivity index is 1.76. The Kier molecular flexibility index (Phi) is 4.32. The van der Waals surface area contributed by atoms with Crippen molar-refractivity contribution in [1.29, 1.82) is 0 Å². The molecule has 2 heterocycles. The van der Waals surface area contributed by atoms with Crippen LogP contribution in [0.2, 0.25) is 0 Å². The van der Waals surface area contributed by atoms with Gasteiger partial charge >= 0.3 is 0 Å². The summed E-state index contributed by atoms with van der Waals surface area (Å²) in [5, 5.41) is 0. The maximum atomic E-state index is 6.26. The van der Waals surface area contributed by atoms with Crippen molar-refractivity contribution in [2.75, 3.05) is 0 Å². The minimum absolute atomic E-state index is 0.106. The van der Waals surface area contributed by atoms with E-state index in [4.69, 9.17) is 9.47 Å². The van der Waals surface area contributed by atoms with Crippen LogP contribution in [0.15, 0.2) is 43.0 Å². The van der Waals surface area contributed by atoms with Crippen LogP contribution in [0, 0.1) is 6.92 Å². The van der Waals surface area contributed by atoms with Crippen LogP contribution in [0.1, 0.15) is 37.8 Å². The average molecular weight is 300 g/mol. The molecule has 3 rings (SSSR count). The van der Waals surface area contributed by atoms with E-state index < -0.39 is 5.79 Å². The Bertz CT molecular complexity index is 582. The van der Waals surface area contributed by atoms with Gasteiger partial charge in [-0.25, -0.2) is 4.98 Å². The third-order valence-electron chi connectivity index (χ3n) is 4.39. The van der Waals surface area contributed by atoms with Gasteiger partial charge in [0.1, 0.15) is 0 Å². The van der Waals surface area contributed by atoms with Crippen molar-refractivity contribution in [2.24, 2.45) is 0 Å². The van der Waals surface area contributed by atoms with Crippen LogP contribution in [0.3, 0.4) is 0 Å². The molecule has 1 aliphatic heterocycles. The number of aromatic nitrogens is 2. The predicted molar refractivity (Wildman–Crippen MR) is 85.4 cm³/mol. The largest absolute Gasteiger partial charge is 0.340 e. The molecule has 1 aromatic heterocycles. The van der Waals surface area contributed by atoms with Crippen molar-refractivity contribution in [3.05, 3.63) is 54.1 Å². The van der Waals surface area contributed by atoms with E-state index in [0.29, 0.717) is 0 Å². The van der Waals surface area contributed by atoms with Gasteiger partial charge in [0.25, 0.3) is 0 Å². The van der Waals surface area contributed by atoms with Gasteiger partial charge in [-0.1, -0.05) is 29.8 Å². The second-order valence-electron chi connectivity index (χ2n) is 6.17. The molecule has 1 aromatic carbocycles. The number of ether oxygens (including phenoxy) is 2. The van der Waals surface area contributed by atoms with Gasteiger partial charge in [-0.05, 0) is 27.2 Å². The molecule has 0 radical (unpaired) electrons. The van der Waals surface area contributed by atoms with Crippen molar-refractivity contribution in [2.45, 2.75) is 58.2 Å². The summed E-state index contributed by atoms with van der Waals surface area (Å²) in [6.07, 6.45) is 7.67. The summed E-state index contributed by atoms with van der Waals surface area (Å²) in [6, 6.07) is 8.48. The van der Waals surface area contributed by atoms with Crippen LogP contribution in [0.25, 0.3) is 0 Å². The van der Waals surface area contributed by atoms with E-state index in [2.05, 4.69) is 54.6 Å². The minimum Gasteiger partial charge on any atom is -0.340 e. The first-order valence-corrected chi connectivity index (χ1v) is 7.97. The van der Waals surface area contributed by atoms with Gasteiger partial charge in [0.05, 0.1) is 18.5 Å². The Labute approximate surface area is 132 Å². The van der Waals surface area contributed by atoms with E-state index in [1.807, 2.05) is 18.7 Å². The molecule has 4 nitrogen and oxygen atoms in total. The maximum absolute atomic E-state index is 6.26. The minimum atomic E-state index is -0.618. The summed E-state index contributed by atoms with van der Waals surface area (Å²) in [7, 11) is 0. The fourth-order valence-electron chi connectivity index (χ4n) is 2.94. The highest BCUT2D eigenvalue weighted by Crippen LogP contribution is 2.41. The number of imidazole rings is 1. The number of nitrogens with zero attached hydrogens (tertiary/aromatic N) is 2. The number of aryl methyl sites for hydroxylation is 2. The van der Waals surface area contributed by atoms with E-state index in [0.717, 1.165) is 24.9 Å². The quantitative estimate of drug-likeness (QED) is 0.845. The topological polar surface area (TPSA) is 36.3 Å². The summed E-state index contributed by atoms with van der Waals surface area (Å²) < 4.78 is 14.6. The van der Waals surface area contributed by atoms with Crippen LogP contribution < -0.4 is 0 Å². The number of rotatable bonds is 5. The fourth-order valence-corrected chi connectivity index (χ4v) is 2.94. The average Bonchev–Trinajstić information content (AvgIpc) is 3.10. The van der Waals surface area contributed by atoms with E-state index >= 15 is 0 Å². The van der Waals surface area contributed by atoms with Crippen LogP contribution in [0.5, 0.6) is 0 Å². The third-order valence-corrected chi connectivity index (χ3v) is 4.39. The Morgan fingerprint density at radius 3 is 2.41 bits per heavy atom. The monoisotopic (exact) mass is 300 g/mol. The summed E-state index contributed by atoms with van der Waals surface area (Å²) >= 11 is 0. The second kappa shape index (κ2) is 6.23. The normalized spacial score (nSPS) is 28.1. The first kappa shape index (κ1) is 15.3. The molecule has 118 valence electrons. The smallest absolute Gasteiger partial charge is 0.195 e. The highest BCUT2D eigenvalue weighted by Gasteiger charge is 2.44. The standard InChI is InChI=1S/C18H24N2O2/c1-14-5-7-17(8-6-14)18(21-15(2)16(3)22-18)9-4-11-20-12-10-19-13-20/h5-8,10,12-13,15-16H,4,9,11H2,1-3H3. The van der Waals surface area contributed by atoms with Crippen LogP contribution in [-0.4, -0.2) is 21.8 Å². The molecule has 0 bridgehead atoms. The van der Waals surface area contributed by atoms with Crippen molar-refractivity contribution in [1.82, 2.24) is 9.55 Å². The van der Waals surface area contributed by atoms with E-state index in [-0.39, 0.29) is 12.2 Å². The van der Waals surface area contributed by atoms with Crippen LogP contribution >= 0.6 is 0 Å². The summed E-state index contributed by atoms with van der Waals surface area (Å²) in [4.78, 5) is 4.08. The zero-order chi connectivity index (χ0) is 15.6. The molecule has 0 N–H and O–H groups in total. The molecule has 2 atom stereocenters. The van der Waals surface area contributed by atoms with Gasteiger partial charge in [-0.3, -0.25) is 0 Å². The molecule has 4 heteroatoms. The number of hydrogen-bond donors (Lipinski definition) is 0. The van der Waals surface area contributed by atoms with E-state index in [1.54, 1.807) is 0 Å². The van der Waals surface area contributed by atoms with Crippen LogP contribution in [-0.2, 0) is 21.8 Å². The molecule has 2 aromatic rings. The maximum Gasteiger partial charge on any atom is 0.195 e. The van der Waals surface area contributed by atoms with E-state index in [1.165, 1.54) is 5.56 Å². The Morgan fingerprint density at radius 1 is 1.14 bits per heavy atom. The third kappa shape index (κ3) is 3.08. The van der Waals surface area contributed by atoms with Crippen molar-refractivity contribution < 1.29 is 9.47 Å².